The van der Waals surface area contributed by atoms with E-state index in [1.165, 1.54) is 17.0 Å². The van der Waals surface area contributed by atoms with Crippen LogP contribution in [0, 0.1) is 20.8 Å². The van der Waals surface area contributed by atoms with Crippen LogP contribution < -0.4 is 9.62 Å². The molecular formula is C37H42ClN3O4S. The summed E-state index contributed by atoms with van der Waals surface area (Å²) in [6, 6.07) is 27.7. The number of hydrogen-bond donors (Lipinski definition) is 1. The highest BCUT2D eigenvalue weighted by Gasteiger charge is 2.35. The van der Waals surface area contributed by atoms with Crippen molar-refractivity contribution in [3.63, 3.8) is 0 Å². The molecule has 4 aromatic rings. The second-order valence-electron chi connectivity index (χ2n) is 11.6. The minimum Gasteiger partial charge on any atom is -0.354 e. The van der Waals surface area contributed by atoms with E-state index in [1.807, 2.05) is 82.3 Å². The van der Waals surface area contributed by atoms with E-state index in [0.717, 1.165) is 45.0 Å². The number of rotatable bonds is 14. The lowest BCUT2D eigenvalue weighted by molar-refractivity contribution is -0.140. The fraction of sp³-hybridized carbons (Fsp3) is 0.297. The van der Waals surface area contributed by atoms with E-state index in [-0.39, 0.29) is 29.5 Å². The van der Waals surface area contributed by atoms with Gasteiger partial charge in [-0.05, 0) is 73.7 Å². The van der Waals surface area contributed by atoms with Gasteiger partial charge in [0.25, 0.3) is 10.0 Å². The van der Waals surface area contributed by atoms with Crippen molar-refractivity contribution >= 4 is 39.1 Å². The van der Waals surface area contributed by atoms with Gasteiger partial charge < -0.3 is 10.2 Å². The fourth-order valence-electron chi connectivity index (χ4n) is 5.13. The van der Waals surface area contributed by atoms with Gasteiger partial charge in [-0.2, -0.15) is 0 Å². The number of anilines is 1. The number of carbonyl (C=O) groups is 2. The predicted molar refractivity (Wildman–Crippen MR) is 185 cm³/mol. The highest BCUT2D eigenvalue weighted by Crippen LogP contribution is 2.29. The second-order valence-corrected chi connectivity index (χ2v) is 13.8. The molecule has 1 unspecified atom stereocenters. The van der Waals surface area contributed by atoms with Gasteiger partial charge in [0, 0.05) is 24.5 Å². The molecule has 2 amide bonds. The zero-order chi connectivity index (χ0) is 33.3. The summed E-state index contributed by atoms with van der Waals surface area (Å²) >= 11 is 6.47. The van der Waals surface area contributed by atoms with E-state index in [0.29, 0.717) is 11.6 Å². The fourth-order valence-corrected chi connectivity index (χ4v) is 6.72. The van der Waals surface area contributed by atoms with Gasteiger partial charge in [-0.3, -0.25) is 13.9 Å². The predicted octanol–water partition coefficient (Wildman–Crippen LogP) is 7.02. The third-order valence-corrected chi connectivity index (χ3v) is 10.2. The maximum atomic E-state index is 14.6. The van der Waals surface area contributed by atoms with Gasteiger partial charge in [-0.15, -0.1) is 0 Å². The standard InChI is InChI=1S/C37H42ClN3O4S/c1-5-6-22-39-37(43)35(23-30-13-8-7-9-14-30)40(25-31-15-11-10-12-28(31)3)36(42)26-41(32-19-18-29(4)34(38)24-32)46(44,45)33-20-16-27(2)17-21-33/h7-21,24,35H,5-6,22-23,25-26H2,1-4H3,(H,39,43). The molecule has 0 aliphatic carbocycles. The lowest BCUT2D eigenvalue weighted by Gasteiger charge is -2.34. The van der Waals surface area contributed by atoms with Gasteiger partial charge in [-0.25, -0.2) is 8.42 Å². The molecule has 4 rings (SSSR count). The van der Waals surface area contributed by atoms with E-state index < -0.39 is 28.5 Å². The molecule has 1 atom stereocenters. The molecule has 0 saturated heterocycles. The van der Waals surface area contributed by atoms with Crippen molar-refractivity contribution in [1.29, 1.82) is 0 Å². The van der Waals surface area contributed by atoms with Gasteiger partial charge in [0.1, 0.15) is 12.6 Å². The van der Waals surface area contributed by atoms with Crippen molar-refractivity contribution in [1.82, 2.24) is 10.2 Å². The summed E-state index contributed by atoms with van der Waals surface area (Å²) in [4.78, 5) is 30.0. The molecule has 0 radical (unpaired) electrons. The normalized spacial score (nSPS) is 11.9. The van der Waals surface area contributed by atoms with E-state index >= 15 is 0 Å². The topological polar surface area (TPSA) is 86.8 Å². The van der Waals surface area contributed by atoms with Crippen molar-refractivity contribution in [3.8, 4) is 0 Å². The van der Waals surface area contributed by atoms with Crippen molar-refractivity contribution in [3.05, 3.63) is 130 Å². The molecule has 46 heavy (non-hydrogen) atoms. The quantitative estimate of drug-likeness (QED) is 0.148. The molecule has 0 aliphatic rings. The first kappa shape index (κ1) is 34.7. The number of hydrogen-bond acceptors (Lipinski definition) is 4. The highest BCUT2D eigenvalue weighted by molar-refractivity contribution is 7.92. The van der Waals surface area contributed by atoms with Gasteiger partial charge in [0.2, 0.25) is 11.8 Å². The first-order chi connectivity index (χ1) is 22.0. The number of carbonyl (C=O) groups excluding carboxylic acids is 2. The smallest absolute Gasteiger partial charge is 0.264 e. The second kappa shape index (κ2) is 15.9. The van der Waals surface area contributed by atoms with E-state index in [9.17, 15) is 18.0 Å². The zero-order valence-electron chi connectivity index (χ0n) is 26.9. The van der Waals surface area contributed by atoms with E-state index in [2.05, 4.69) is 5.32 Å². The molecule has 0 bridgehead atoms. The van der Waals surface area contributed by atoms with Crippen LogP contribution in [0.25, 0.3) is 0 Å². The molecule has 0 aromatic heterocycles. The molecule has 1 N–H and O–H groups in total. The van der Waals surface area contributed by atoms with Crippen LogP contribution in [0.2, 0.25) is 5.02 Å². The summed E-state index contributed by atoms with van der Waals surface area (Å²) in [5.41, 5.74) is 4.64. The monoisotopic (exact) mass is 659 g/mol. The Hall–Kier alpha value is -4.14. The minimum absolute atomic E-state index is 0.0474. The Bertz CT molecular complexity index is 1740. The Morgan fingerprint density at radius 1 is 0.848 bits per heavy atom. The number of nitrogens with one attached hydrogen (secondary N) is 1. The number of halogens is 1. The van der Waals surface area contributed by atoms with Crippen molar-refractivity contribution in [2.45, 2.75) is 64.4 Å². The van der Waals surface area contributed by atoms with Gasteiger partial charge in [0.05, 0.1) is 10.6 Å². The zero-order valence-corrected chi connectivity index (χ0v) is 28.4. The maximum absolute atomic E-state index is 14.6. The number of aryl methyl sites for hydroxylation is 3. The van der Waals surface area contributed by atoms with Crippen LogP contribution in [0.1, 0.15) is 47.6 Å². The van der Waals surface area contributed by atoms with Crippen LogP contribution in [0.15, 0.2) is 102 Å². The van der Waals surface area contributed by atoms with Crippen molar-refractivity contribution in [2.24, 2.45) is 0 Å². The molecular weight excluding hydrogens is 618 g/mol. The number of nitrogens with zero attached hydrogens (tertiary/aromatic N) is 2. The van der Waals surface area contributed by atoms with E-state index in [4.69, 9.17) is 11.6 Å². The Morgan fingerprint density at radius 2 is 1.52 bits per heavy atom. The SMILES string of the molecule is CCCCNC(=O)C(Cc1ccccc1)N(Cc1ccccc1C)C(=O)CN(c1ccc(C)c(Cl)c1)S(=O)(=O)c1ccc(C)cc1. The van der Waals surface area contributed by atoms with Crippen LogP contribution in [0.5, 0.6) is 0 Å². The molecule has 7 nitrogen and oxygen atoms in total. The average molecular weight is 660 g/mol. The first-order valence-electron chi connectivity index (χ1n) is 15.5. The van der Waals surface area contributed by atoms with Crippen molar-refractivity contribution in [2.75, 3.05) is 17.4 Å². The Morgan fingerprint density at radius 3 is 2.17 bits per heavy atom. The molecule has 4 aromatic carbocycles. The minimum atomic E-state index is -4.21. The summed E-state index contributed by atoms with van der Waals surface area (Å²) < 4.78 is 29.5. The number of unbranched alkanes of at least 4 members (excludes halogenated alkanes) is 1. The Kier molecular flexibility index (Phi) is 12.0. The Labute approximate surface area is 278 Å². The molecule has 0 heterocycles. The van der Waals surface area contributed by atoms with Crippen LogP contribution in [-0.2, 0) is 32.6 Å². The summed E-state index contributed by atoms with van der Waals surface area (Å²) in [6.07, 6.45) is 1.96. The molecule has 0 saturated carbocycles. The number of sulfonamides is 1. The number of amides is 2. The van der Waals surface area contributed by atoms with Gasteiger partial charge in [0.15, 0.2) is 0 Å². The Balaban J connectivity index is 1.81. The molecule has 0 aliphatic heterocycles. The molecule has 0 spiro atoms. The number of benzene rings is 4. The first-order valence-corrected chi connectivity index (χ1v) is 17.3. The summed E-state index contributed by atoms with van der Waals surface area (Å²) in [5.74, 6) is -0.798. The average Bonchev–Trinajstić information content (AvgIpc) is 3.04. The maximum Gasteiger partial charge on any atom is 0.264 e. The summed E-state index contributed by atoms with van der Waals surface area (Å²) in [7, 11) is -4.21. The van der Waals surface area contributed by atoms with E-state index in [1.54, 1.807) is 30.3 Å². The lowest BCUT2D eigenvalue weighted by Crippen LogP contribution is -2.53. The van der Waals surface area contributed by atoms with Crippen molar-refractivity contribution < 1.29 is 18.0 Å². The third kappa shape index (κ3) is 8.77. The van der Waals surface area contributed by atoms with Crippen LogP contribution in [0.3, 0.4) is 0 Å². The van der Waals surface area contributed by atoms with Gasteiger partial charge >= 0.3 is 0 Å². The third-order valence-electron chi connectivity index (χ3n) is 8.03. The summed E-state index contributed by atoms with van der Waals surface area (Å²) in [5, 5.41) is 3.40. The lowest BCUT2D eigenvalue weighted by atomic mass is 10.0. The summed E-state index contributed by atoms with van der Waals surface area (Å²) in [6.45, 7) is 7.76. The largest absolute Gasteiger partial charge is 0.354 e. The van der Waals surface area contributed by atoms with Crippen LogP contribution >= 0.6 is 11.6 Å². The highest BCUT2D eigenvalue weighted by atomic mass is 35.5. The molecule has 0 fully saturated rings. The van der Waals surface area contributed by atoms with Crippen LogP contribution in [0.4, 0.5) is 5.69 Å². The van der Waals surface area contributed by atoms with Gasteiger partial charge in [-0.1, -0.05) is 103 Å². The molecule has 242 valence electrons. The van der Waals surface area contributed by atoms with Crippen LogP contribution in [-0.4, -0.2) is 44.3 Å². The molecule has 9 heteroatoms.